The number of hydrogen-bond donors (Lipinski definition) is 1. The summed E-state index contributed by atoms with van der Waals surface area (Å²) < 4.78 is 4.15. The monoisotopic (exact) mass is 460 g/mol. The van der Waals surface area contributed by atoms with Gasteiger partial charge in [-0.05, 0) is 89.1 Å². The average molecular weight is 461 g/mol. The molecular formula is C27H36N6O. The molecule has 2 fully saturated rings. The fourth-order valence-electron chi connectivity index (χ4n) is 5.26. The van der Waals surface area contributed by atoms with Gasteiger partial charge in [0.1, 0.15) is 5.82 Å². The minimum absolute atomic E-state index is 0.138. The lowest BCUT2D eigenvalue weighted by molar-refractivity contribution is -0.126. The van der Waals surface area contributed by atoms with Gasteiger partial charge in [0.2, 0.25) is 5.91 Å². The topological polar surface area (TPSA) is 58.3 Å². The molecule has 5 rings (SSSR count). The van der Waals surface area contributed by atoms with Gasteiger partial charge in [-0.3, -0.25) is 9.69 Å². The molecule has 2 aliphatic rings. The Bertz CT molecular complexity index is 1030. The molecule has 7 nitrogen and oxygen atoms in total. The van der Waals surface area contributed by atoms with Gasteiger partial charge < -0.3 is 14.8 Å². The average Bonchev–Trinajstić information content (AvgIpc) is 3.65. The van der Waals surface area contributed by atoms with Crippen LogP contribution in [0.4, 0.5) is 0 Å². The van der Waals surface area contributed by atoms with Crippen molar-refractivity contribution < 1.29 is 4.79 Å². The van der Waals surface area contributed by atoms with Gasteiger partial charge in [0.05, 0.1) is 11.9 Å². The van der Waals surface area contributed by atoms with Crippen molar-refractivity contribution in [1.29, 1.82) is 0 Å². The Labute approximate surface area is 202 Å². The third-order valence-electron chi connectivity index (χ3n) is 7.17. The van der Waals surface area contributed by atoms with Gasteiger partial charge in [-0.25, -0.2) is 4.68 Å². The number of carbonyl (C=O) groups is 1. The molecule has 4 heterocycles. The molecule has 0 radical (unpaired) electrons. The van der Waals surface area contributed by atoms with Gasteiger partial charge in [0.25, 0.3) is 0 Å². The van der Waals surface area contributed by atoms with E-state index in [2.05, 4.69) is 44.2 Å². The molecular weight excluding hydrogens is 424 g/mol. The van der Waals surface area contributed by atoms with E-state index in [-0.39, 0.29) is 11.8 Å². The predicted octanol–water partition coefficient (Wildman–Crippen LogP) is 3.48. The van der Waals surface area contributed by atoms with E-state index < -0.39 is 0 Å². The Morgan fingerprint density at radius 3 is 2.41 bits per heavy atom. The number of rotatable bonds is 9. The van der Waals surface area contributed by atoms with E-state index in [1.54, 1.807) is 0 Å². The summed E-state index contributed by atoms with van der Waals surface area (Å²) in [5.41, 5.74) is 2.25. The highest BCUT2D eigenvalue weighted by Gasteiger charge is 2.26. The maximum Gasteiger partial charge on any atom is 0.223 e. The van der Waals surface area contributed by atoms with Crippen LogP contribution in [0.15, 0.2) is 61.1 Å². The fourth-order valence-corrected chi connectivity index (χ4v) is 5.26. The van der Waals surface area contributed by atoms with E-state index in [0.29, 0.717) is 0 Å². The van der Waals surface area contributed by atoms with Gasteiger partial charge in [0, 0.05) is 37.0 Å². The summed E-state index contributed by atoms with van der Waals surface area (Å²) >= 11 is 0. The van der Waals surface area contributed by atoms with Gasteiger partial charge in [-0.15, -0.1) is 0 Å². The van der Waals surface area contributed by atoms with Gasteiger partial charge >= 0.3 is 0 Å². The third kappa shape index (κ3) is 5.42. The van der Waals surface area contributed by atoms with E-state index in [9.17, 15) is 4.79 Å². The second-order valence-electron chi connectivity index (χ2n) is 9.57. The molecule has 34 heavy (non-hydrogen) atoms. The van der Waals surface area contributed by atoms with Crippen molar-refractivity contribution in [2.24, 2.45) is 5.92 Å². The number of benzene rings is 1. The molecule has 2 aromatic heterocycles. The lowest BCUT2D eigenvalue weighted by Gasteiger charge is -2.31. The number of likely N-dealkylation sites (tertiary alicyclic amines) is 2. The highest BCUT2D eigenvalue weighted by Crippen LogP contribution is 2.24. The molecule has 2 saturated heterocycles. The number of para-hydroxylation sites is 1. The molecule has 0 spiro atoms. The van der Waals surface area contributed by atoms with Crippen LogP contribution in [0.25, 0.3) is 11.5 Å². The summed E-state index contributed by atoms with van der Waals surface area (Å²) in [6.07, 6.45) is 11.7. The largest absolute Gasteiger partial charge is 0.356 e. The summed E-state index contributed by atoms with van der Waals surface area (Å²) in [6.45, 7) is 7.07. The van der Waals surface area contributed by atoms with Crippen LogP contribution in [0.2, 0.25) is 0 Å². The summed E-state index contributed by atoms with van der Waals surface area (Å²) in [7, 11) is 0. The second kappa shape index (κ2) is 11.0. The van der Waals surface area contributed by atoms with Gasteiger partial charge in [0.15, 0.2) is 0 Å². The van der Waals surface area contributed by atoms with Crippen molar-refractivity contribution in [2.75, 3.05) is 39.3 Å². The molecule has 0 saturated carbocycles. The van der Waals surface area contributed by atoms with Crippen LogP contribution >= 0.6 is 0 Å². The Morgan fingerprint density at radius 2 is 1.68 bits per heavy atom. The number of nitrogens with zero attached hydrogens (tertiary/aromatic N) is 5. The number of nitrogens with one attached hydrogen (secondary N) is 1. The highest BCUT2D eigenvalue weighted by atomic mass is 16.1. The first-order valence-electron chi connectivity index (χ1n) is 12.8. The van der Waals surface area contributed by atoms with Crippen molar-refractivity contribution >= 4 is 5.91 Å². The molecule has 1 amide bonds. The van der Waals surface area contributed by atoms with Crippen LogP contribution < -0.4 is 5.32 Å². The zero-order valence-electron chi connectivity index (χ0n) is 20.0. The molecule has 1 N–H and O–H groups in total. The van der Waals surface area contributed by atoms with Crippen molar-refractivity contribution in [3.63, 3.8) is 0 Å². The summed E-state index contributed by atoms with van der Waals surface area (Å²) in [4.78, 5) is 17.6. The quantitative estimate of drug-likeness (QED) is 0.497. The molecule has 0 unspecified atom stereocenters. The van der Waals surface area contributed by atoms with Gasteiger partial charge in [-0.2, -0.15) is 5.10 Å². The van der Waals surface area contributed by atoms with E-state index in [1.165, 1.54) is 31.5 Å². The molecule has 7 heteroatoms. The van der Waals surface area contributed by atoms with Gasteiger partial charge in [-0.1, -0.05) is 18.2 Å². The number of carbonyl (C=O) groups excluding carboxylic acids is 1. The Kier molecular flexibility index (Phi) is 7.41. The van der Waals surface area contributed by atoms with Crippen LogP contribution in [0.5, 0.6) is 0 Å². The van der Waals surface area contributed by atoms with Crippen molar-refractivity contribution in [2.45, 2.75) is 38.6 Å². The first kappa shape index (κ1) is 22.9. The van der Waals surface area contributed by atoms with Crippen molar-refractivity contribution in [3.8, 4) is 11.5 Å². The zero-order valence-corrected chi connectivity index (χ0v) is 20.0. The Balaban J connectivity index is 1.15. The van der Waals surface area contributed by atoms with Crippen LogP contribution in [-0.2, 0) is 11.3 Å². The first-order valence-corrected chi connectivity index (χ1v) is 12.8. The van der Waals surface area contributed by atoms with Crippen LogP contribution in [0.3, 0.4) is 0 Å². The van der Waals surface area contributed by atoms with E-state index >= 15 is 0 Å². The summed E-state index contributed by atoms with van der Waals surface area (Å²) in [5.74, 6) is 1.46. The Morgan fingerprint density at radius 1 is 0.941 bits per heavy atom. The predicted molar refractivity (Wildman–Crippen MR) is 134 cm³/mol. The van der Waals surface area contributed by atoms with E-state index in [4.69, 9.17) is 5.10 Å². The third-order valence-corrected chi connectivity index (χ3v) is 7.17. The molecule has 0 aliphatic carbocycles. The lowest BCUT2D eigenvalue weighted by Crippen LogP contribution is -2.40. The fraction of sp³-hybridized carbons (Fsp3) is 0.481. The van der Waals surface area contributed by atoms with Crippen LogP contribution in [0.1, 0.15) is 37.7 Å². The normalized spacial score (nSPS) is 17.9. The summed E-state index contributed by atoms with van der Waals surface area (Å²) in [5, 5.41) is 7.91. The SMILES string of the molecule is O=C(NCCCN1CCCC1)C1CCN(Cc2cnn(-c3ccccc3)c2-n2cccc2)CC1. The summed E-state index contributed by atoms with van der Waals surface area (Å²) in [6, 6.07) is 14.4. The number of aromatic nitrogens is 3. The molecule has 180 valence electrons. The zero-order chi connectivity index (χ0) is 23.2. The maximum atomic E-state index is 12.7. The number of hydrogen-bond acceptors (Lipinski definition) is 4. The van der Waals surface area contributed by atoms with Crippen molar-refractivity contribution in [3.05, 3.63) is 66.6 Å². The number of amides is 1. The second-order valence-corrected chi connectivity index (χ2v) is 9.57. The van der Waals surface area contributed by atoms with E-state index in [0.717, 1.165) is 63.5 Å². The van der Waals surface area contributed by atoms with Crippen LogP contribution in [0, 0.1) is 5.92 Å². The minimum atomic E-state index is 0.138. The highest BCUT2D eigenvalue weighted by molar-refractivity contribution is 5.78. The first-order chi connectivity index (χ1) is 16.8. The lowest BCUT2D eigenvalue weighted by atomic mass is 9.95. The molecule has 2 aliphatic heterocycles. The smallest absolute Gasteiger partial charge is 0.223 e. The van der Waals surface area contributed by atoms with E-state index in [1.807, 2.05) is 41.2 Å². The van der Waals surface area contributed by atoms with Crippen molar-refractivity contribution in [1.82, 2.24) is 29.5 Å². The standard InChI is InChI=1S/C27H36N6O/c34-26(28-13-8-16-30-14-4-5-15-30)23-11-19-31(20-12-23)22-24-21-29-33(25-9-2-1-3-10-25)27(24)32-17-6-7-18-32/h1-3,6-7,9-10,17-18,21,23H,4-5,8,11-16,19-20,22H2,(H,28,34). The molecule has 0 bridgehead atoms. The minimum Gasteiger partial charge on any atom is -0.356 e. The molecule has 3 aromatic rings. The number of piperidine rings is 1. The van der Waals surface area contributed by atoms with Crippen LogP contribution in [-0.4, -0.2) is 69.3 Å². The molecule has 0 atom stereocenters. The maximum absolute atomic E-state index is 12.7. The Hall–Kier alpha value is -2.90. The molecule has 1 aromatic carbocycles.